The molecule has 2 aromatic rings. The maximum absolute atomic E-state index is 12.3. The summed E-state index contributed by atoms with van der Waals surface area (Å²) in [5.41, 5.74) is 1.27. The van der Waals surface area contributed by atoms with Crippen LogP contribution < -0.4 is 5.32 Å². The lowest BCUT2D eigenvalue weighted by molar-refractivity contribution is 0.0517. The Bertz CT molecular complexity index is 603. The third-order valence-electron chi connectivity index (χ3n) is 2.85. The van der Waals surface area contributed by atoms with Gasteiger partial charge in [0.25, 0.3) is 0 Å². The average Bonchev–Trinajstić information content (AvgIpc) is 2.84. The van der Waals surface area contributed by atoms with Gasteiger partial charge in [0.05, 0.1) is 17.6 Å². The fourth-order valence-corrected chi connectivity index (χ4v) is 3.18. The Morgan fingerprint density at radius 2 is 1.90 bits per heavy atom. The fourth-order valence-electron chi connectivity index (χ4n) is 1.92. The van der Waals surface area contributed by atoms with Crippen LogP contribution in [0.2, 0.25) is 19.6 Å². The van der Waals surface area contributed by atoms with Gasteiger partial charge in [-0.25, -0.2) is 9.48 Å². The molecule has 0 amide bonds. The highest BCUT2D eigenvalue weighted by atomic mass is 28.3. The van der Waals surface area contributed by atoms with E-state index in [1.807, 2.05) is 30.3 Å². The van der Waals surface area contributed by atoms with Crippen molar-refractivity contribution in [2.45, 2.75) is 26.6 Å². The normalized spacial score (nSPS) is 11.4. The molecule has 106 valence electrons. The first-order valence-electron chi connectivity index (χ1n) is 6.64. The van der Waals surface area contributed by atoms with E-state index in [2.05, 4.69) is 30.0 Å². The van der Waals surface area contributed by atoms with Crippen LogP contribution in [0.15, 0.2) is 30.3 Å². The number of benzene rings is 1. The first kappa shape index (κ1) is 14.5. The van der Waals surface area contributed by atoms with Crippen molar-refractivity contribution in [3.05, 3.63) is 36.0 Å². The molecule has 0 aliphatic carbocycles. The van der Waals surface area contributed by atoms with Crippen LogP contribution in [0.1, 0.15) is 17.4 Å². The lowest BCUT2D eigenvalue weighted by Crippen LogP contribution is -2.43. The van der Waals surface area contributed by atoms with E-state index >= 15 is 0 Å². The summed E-state index contributed by atoms with van der Waals surface area (Å²) in [6, 6.07) is 9.51. The van der Waals surface area contributed by atoms with E-state index in [-0.39, 0.29) is 5.97 Å². The molecule has 0 saturated heterocycles. The van der Waals surface area contributed by atoms with Gasteiger partial charge in [-0.3, -0.25) is 0 Å². The van der Waals surface area contributed by atoms with Crippen LogP contribution in [-0.4, -0.2) is 35.6 Å². The second-order valence-electron chi connectivity index (χ2n) is 5.50. The van der Waals surface area contributed by atoms with Crippen molar-refractivity contribution in [3.8, 4) is 5.69 Å². The SMILES string of the molecule is CCOC(=O)c1c([Si](C)(C)C)nnn1-c1ccccc1. The number of carbonyl (C=O) groups is 1. The van der Waals surface area contributed by atoms with Crippen LogP contribution in [0.25, 0.3) is 5.69 Å². The van der Waals surface area contributed by atoms with Crippen molar-refractivity contribution in [1.82, 2.24) is 15.0 Å². The number of aromatic nitrogens is 3. The Morgan fingerprint density at radius 3 is 2.45 bits per heavy atom. The van der Waals surface area contributed by atoms with Gasteiger partial charge in [0.1, 0.15) is 8.07 Å². The van der Waals surface area contributed by atoms with Gasteiger partial charge < -0.3 is 4.74 Å². The molecular formula is C14H19N3O2Si. The highest BCUT2D eigenvalue weighted by Crippen LogP contribution is 2.12. The number of nitrogens with zero attached hydrogens (tertiary/aromatic N) is 3. The summed E-state index contributed by atoms with van der Waals surface area (Å²) in [4.78, 5) is 12.3. The molecule has 1 aromatic heterocycles. The van der Waals surface area contributed by atoms with Crippen LogP contribution in [0.3, 0.4) is 0 Å². The summed E-state index contributed by atoms with van der Waals surface area (Å²) in [5, 5.41) is 9.18. The molecule has 20 heavy (non-hydrogen) atoms. The molecule has 2 rings (SSSR count). The molecule has 0 radical (unpaired) electrons. The number of ether oxygens (including phenoxy) is 1. The topological polar surface area (TPSA) is 57.0 Å². The van der Waals surface area contributed by atoms with Crippen molar-refractivity contribution in [1.29, 1.82) is 0 Å². The van der Waals surface area contributed by atoms with E-state index in [0.717, 1.165) is 11.0 Å². The smallest absolute Gasteiger partial charge is 0.358 e. The van der Waals surface area contributed by atoms with Gasteiger partial charge >= 0.3 is 5.97 Å². The molecule has 0 bridgehead atoms. The van der Waals surface area contributed by atoms with E-state index in [0.29, 0.717) is 12.3 Å². The molecule has 6 heteroatoms. The molecule has 0 saturated carbocycles. The second kappa shape index (κ2) is 5.58. The number of carbonyl (C=O) groups excluding carboxylic acids is 1. The quantitative estimate of drug-likeness (QED) is 0.638. The highest BCUT2D eigenvalue weighted by molar-refractivity contribution is 6.88. The van der Waals surface area contributed by atoms with Crippen molar-refractivity contribution >= 4 is 19.4 Å². The van der Waals surface area contributed by atoms with E-state index < -0.39 is 8.07 Å². The number of rotatable bonds is 4. The van der Waals surface area contributed by atoms with E-state index in [1.165, 1.54) is 0 Å². The zero-order valence-electron chi connectivity index (χ0n) is 12.3. The molecule has 1 heterocycles. The minimum Gasteiger partial charge on any atom is -0.461 e. The summed E-state index contributed by atoms with van der Waals surface area (Å²) in [7, 11) is -1.78. The number of hydrogen-bond donors (Lipinski definition) is 0. The Labute approximate surface area is 119 Å². The molecule has 0 spiro atoms. The molecular weight excluding hydrogens is 270 g/mol. The molecule has 0 N–H and O–H groups in total. The maximum Gasteiger partial charge on any atom is 0.358 e. The van der Waals surface area contributed by atoms with Crippen LogP contribution >= 0.6 is 0 Å². The minimum absolute atomic E-state index is 0.337. The van der Waals surface area contributed by atoms with Crippen molar-refractivity contribution in [2.24, 2.45) is 0 Å². The van der Waals surface area contributed by atoms with Crippen molar-refractivity contribution < 1.29 is 9.53 Å². The van der Waals surface area contributed by atoms with Gasteiger partial charge in [0.2, 0.25) is 0 Å². The lowest BCUT2D eigenvalue weighted by Gasteiger charge is -2.14. The average molecular weight is 289 g/mol. The molecule has 0 aliphatic rings. The fraction of sp³-hybridized carbons (Fsp3) is 0.357. The first-order chi connectivity index (χ1) is 9.45. The first-order valence-corrected chi connectivity index (χ1v) is 10.1. The Morgan fingerprint density at radius 1 is 1.25 bits per heavy atom. The van der Waals surface area contributed by atoms with E-state index in [4.69, 9.17) is 4.74 Å². The van der Waals surface area contributed by atoms with Gasteiger partial charge in [0.15, 0.2) is 5.69 Å². The van der Waals surface area contributed by atoms with Gasteiger partial charge in [-0.05, 0) is 19.1 Å². The highest BCUT2D eigenvalue weighted by Gasteiger charge is 2.31. The summed E-state index contributed by atoms with van der Waals surface area (Å²) in [6.07, 6.45) is 0. The standard InChI is InChI=1S/C14H19N3O2Si/c1-5-19-14(18)12-13(20(2,3)4)15-16-17(12)11-9-7-6-8-10-11/h6-10H,5H2,1-4H3. The van der Waals surface area contributed by atoms with Crippen LogP contribution in [-0.2, 0) is 4.74 Å². The Hall–Kier alpha value is -1.95. The maximum atomic E-state index is 12.3. The Kier molecular flexibility index (Phi) is 4.03. The molecule has 1 aromatic carbocycles. The number of para-hydroxylation sites is 1. The monoisotopic (exact) mass is 289 g/mol. The summed E-state index contributed by atoms with van der Waals surface area (Å²) >= 11 is 0. The predicted molar refractivity (Wildman–Crippen MR) is 80.3 cm³/mol. The zero-order valence-corrected chi connectivity index (χ0v) is 13.3. The van der Waals surface area contributed by atoms with Gasteiger partial charge in [0, 0.05) is 0 Å². The predicted octanol–water partition coefficient (Wildman–Crippen LogP) is 1.99. The number of hydrogen-bond acceptors (Lipinski definition) is 4. The zero-order chi connectivity index (χ0) is 14.8. The summed E-state index contributed by atoms with van der Waals surface area (Å²) < 4.78 is 6.74. The lowest BCUT2D eigenvalue weighted by atomic mass is 10.3. The van der Waals surface area contributed by atoms with Crippen LogP contribution in [0.4, 0.5) is 0 Å². The van der Waals surface area contributed by atoms with E-state index in [1.54, 1.807) is 11.6 Å². The Balaban J connectivity index is 2.59. The van der Waals surface area contributed by atoms with E-state index in [9.17, 15) is 4.79 Å². The van der Waals surface area contributed by atoms with Gasteiger partial charge in [-0.1, -0.05) is 43.1 Å². The second-order valence-corrected chi connectivity index (χ2v) is 10.5. The molecule has 5 nitrogen and oxygen atoms in total. The third kappa shape index (κ3) is 2.80. The summed E-state index contributed by atoms with van der Waals surface area (Å²) in [6.45, 7) is 8.53. The number of esters is 1. The van der Waals surface area contributed by atoms with Crippen molar-refractivity contribution in [3.63, 3.8) is 0 Å². The van der Waals surface area contributed by atoms with Crippen LogP contribution in [0, 0.1) is 0 Å². The largest absolute Gasteiger partial charge is 0.461 e. The molecule has 0 fully saturated rings. The van der Waals surface area contributed by atoms with Crippen LogP contribution in [0.5, 0.6) is 0 Å². The minimum atomic E-state index is -1.78. The van der Waals surface area contributed by atoms with Gasteiger partial charge in [-0.2, -0.15) is 0 Å². The van der Waals surface area contributed by atoms with Crippen molar-refractivity contribution in [2.75, 3.05) is 6.61 Å². The summed E-state index contributed by atoms with van der Waals surface area (Å²) in [5.74, 6) is -0.362. The van der Waals surface area contributed by atoms with Gasteiger partial charge in [-0.15, -0.1) is 5.10 Å². The molecule has 0 atom stereocenters. The molecule has 0 aliphatic heterocycles. The third-order valence-corrected chi connectivity index (χ3v) is 4.61. The molecule has 0 unspecified atom stereocenters.